The quantitative estimate of drug-likeness (QED) is 0.541. The van der Waals surface area contributed by atoms with Crippen molar-refractivity contribution in [2.45, 2.75) is 19.4 Å². The van der Waals surface area contributed by atoms with Crippen molar-refractivity contribution in [2.24, 2.45) is 0 Å². The van der Waals surface area contributed by atoms with Crippen LogP contribution in [0, 0.1) is 0 Å². The van der Waals surface area contributed by atoms with Crippen LogP contribution in [-0.2, 0) is 11.3 Å². The molecule has 4 rings (SSSR count). The van der Waals surface area contributed by atoms with E-state index >= 15 is 0 Å². The van der Waals surface area contributed by atoms with Gasteiger partial charge in [0.1, 0.15) is 5.69 Å². The van der Waals surface area contributed by atoms with E-state index in [1.54, 1.807) is 0 Å². The fraction of sp³-hybridized carbons (Fsp3) is 0.360. The highest BCUT2D eigenvalue weighted by molar-refractivity contribution is 5.99. The molecule has 1 aliphatic rings. The Morgan fingerprint density at radius 3 is 2.42 bits per heavy atom. The fourth-order valence-electron chi connectivity index (χ4n) is 3.83. The van der Waals surface area contributed by atoms with Crippen molar-refractivity contribution in [2.75, 3.05) is 39.4 Å². The molecule has 162 valence electrons. The molecule has 2 heterocycles. The predicted molar refractivity (Wildman–Crippen MR) is 122 cm³/mol. The van der Waals surface area contributed by atoms with Crippen LogP contribution >= 0.6 is 0 Å². The third kappa shape index (κ3) is 6.03. The Kier molecular flexibility index (Phi) is 7.47. The second-order valence-corrected chi connectivity index (χ2v) is 7.86. The first kappa shape index (κ1) is 21.3. The lowest BCUT2D eigenvalue weighted by molar-refractivity contribution is 0.0372. The molecule has 6 heteroatoms. The van der Waals surface area contributed by atoms with Gasteiger partial charge in [-0.1, -0.05) is 60.7 Å². The molecule has 1 fully saturated rings. The Balaban J connectivity index is 1.38. The highest BCUT2D eigenvalue weighted by Gasteiger charge is 2.18. The summed E-state index contributed by atoms with van der Waals surface area (Å²) in [4.78, 5) is 15.4. The van der Waals surface area contributed by atoms with Crippen LogP contribution in [0.5, 0.6) is 0 Å². The minimum absolute atomic E-state index is 0.0652. The average Bonchev–Trinajstić information content (AvgIpc) is 3.24. The van der Waals surface area contributed by atoms with E-state index in [-0.39, 0.29) is 5.91 Å². The highest BCUT2D eigenvalue weighted by atomic mass is 16.5. The summed E-state index contributed by atoms with van der Waals surface area (Å²) < 4.78 is 7.24. The van der Waals surface area contributed by atoms with Gasteiger partial charge in [0.2, 0.25) is 0 Å². The summed E-state index contributed by atoms with van der Waals surface area (Å²) >= 11 is 0. The molecule has 2 aromatic carbocycles. The SMILES string of the molecule is O=C(NCCCCN1CCOCC1)c1cn(Cc2ccccc2)nc1-c1ccccc1. The lowest BCUT2D eigenvalue weighted by atomic mass is 10.1. The number of nitrogens with zero attached hydrogens (tertiary/aromatic N) is 3. The highest BCUT2D eigenvalue weighted by Crippen LogP contribution is 2.22. The molecule has 0 atom stereocenters. The number of amides is 1. The number of rotatable bonds is 9. The Morgan fingerprint density at radius 2 is 1.68 bits per heavy atom. The lowest BCUT2D eigenvalue weighted by Gasteiger charge is -2.26. The van der Waals surface area contributed by atoms with Crippen LogP contribution in [0.1, 0.15) is 28.8 Å². The van der Waals surface area contributed by atoms with Crippen LogP contribution in [0.4, 0.5) is 0 Å². The first-order valence-corrected chi connectivity index (χ1v) is 11.0. The molecule has 0 aliphatic carbocycles. The number of nitrogens with one attached hydrogen (secondary N) is 1. The number of ether oxygens (including phenoxy) is 1. The third-order valence-electron chi connectivity index (χ3n) is 5.53. The molecule has 1 amide bonds. The van der Waals surface area contributed by atoms with Gasteiger partial charge in [0.15, 0.2) is 0 Å². The van der Waals surface area contributed by atoms with Crippen LogP contribution in [0.3, 0.4) is 0 Å². The Bertz CT molecular complexity index is 950. The smallest absolute Gasteiger partial charge is 0.255 e. The van der Waals surface area contributed by atoms with E-state index in [1.165, 1.54) is 0 Å². The van der Waals surface area contributed by atoms with Gasteiger partial charge in [0.25, 0.3) is 5.91 Å². The standard InChI is InChI=1S/C25H30N4O2/c30-25(26-13-7-8-14-28-15-17-31-18-16-28)23-20-29(19-21-9-3-1-4-10-21)27-24(23)22-11-5-2-6-12-22/h1-6,9-12,20H,7-8,13-19H2,(H,26,30). The zero-order chi connectivity index (χ0) is 21.3. The topological polar surface area (TPSA) is 59.4 Å². The van der Waals surface area contributed by atoms with Crippen molar-refractivity contribution in [3.8, 4) is 11.3 Å². The van der Waals surface area contributed by atoms with Gasteiger partial charge in [0, 0.05) is 31.4 Å². The van der Waals surface area contributed by atoms with E-state index in [1.807, 2.05) is 59.4 Å². The van der Waals surface area contributed by atoms with E-state index in [2.05, 4.69) is 22.3 Å². The van der Waals surface area contributed by atoms with Gasteiger partial charge in [-0.3, -0.25) is 14.4 Å². The first-order chi connectivity index (χ1) is 15.3. The van der Waals surface area contributed by atoms with Crippen molar-refractivity contribution >= 4 is 5.91 Å². The van der Waals surface area contributed by atoms with Gasteiger partial charge in [-0.25, -0.2) is 0 Å². The van der Waals surface area contributed by atoms with Crippen molar-refractivity contribution in [3.63, 3.8) is 0 Å². The number of hydrogen-bond acceptors (Lipinski definition) is 4. The molecule has 1 N–H and O–H groups in total. The maximum absolute atomic E-state index is 13.0. The Hall–Kier alpha value is -2.96. The van der Waals surface area contributed by atoms with Gasteiger partial charge < -0.3 is 10.1 Å². The molecule has 0 bridgehead atoms. The van der Waals surface area contributed by atoms with Crippen LogP contribution in [0.2, 0.25) is 0 Å². The normalized spacial score (nSPS) is 14.5. The van der Waals surface area contributed by atoms with Crippen LogP contribution in [0.25, 0.3) is 11.3 Å². The molecule has 0 radical (unpaired) electrons. The van der Waals surface area contributed by atoms with E-state index in [4.69, 9.17) is 9.84 Å². The molecule has 1 saturated heterocycles. The minimum atomic E-state index is -0.0652. The van der Waals surface area contributed by atoms with Gasteiger partial charge in [0.05, 0.1) is 25.3 Å². The molecular formula is C25H30N4O2. The summed E-state index contributed by atoms with van der Waals surface area (Å²) in [7, 11) is 0. The molecule has 1 aliphatic heterocycles. The number of unbranched alkanes of at least 4 members (excludes halogenated alkanes) is 1. The van der Waals surface area contributed by atoms with E-state index in [9.17, 15) is 4.79 Å². The Morgan fingerprint density at radius 1 is 0.968 bits per heavy atom. The zero-order valence-electron chi connectivity index (χ0n) is 17.9. The number of carbonyl (C=O) groups excluding carboxylic acids is 1. The van der Waals surface area contributed by atoms with Crippen molar-refractivity contribution < 1.29 is 9.53 Å². The average molecular weight is 419 g/mol. The summed E-state index contributed by atoms with van der Waals surface area (Å²) in [5.41, 5.74) is 3.45. The summed E-state index contributed by atoms with van der Waals surface area (Å²) in [6.07, 6.45) is 3.89. The van der Waals surface area contributed by atoms with Gasteiger partial charge in [-0.2, -0.15) is 5.10 Å². The van der Waals surface area contributed by atoms with Crippen LogP contribution < -0.4 is 5.32 Å². The summed E-state index contributed by atoms with van der Waals surface area (Å²) in [5.74, 6) is -0.0652. The molecule has 1 aromatic heterocycles. The van der Waals surface area contributed by atoms with E-state index in [0.29, 0.717) is 18.7 Å². The maximum atomic E-state index is 13.0. The summed E-state index contributed by atoms with van der Waals surface area (Å²) in [6, 6.07) is 20.1. The van der Waals surface area contributed by atoms with E-state index in [0.717, 1.165) is 62.5 Å². The summed E-state index contributed by atoms with van der Waals surface area (Å²) in [6.45, 7) is 6.02. The van der Waals surface area contributed by atoms with Gasteiger partial charge in [-0.05, 0) is 24.9 Å². The first-order valence-electron chi connectivity index (χ1n) is 11.0. The number of aromatic nitrogens is 2. The second-order valence-electron chi connectivity index (χ2n) is 7.86. The predicted octanol–water partition coefficient (Wildman–Crippen LogP) is 3.44. The van der Waals surface area contributed by atoms with Crippen molar-refractivity contribution in [1.29, 1.82) is 0 Å². The second kappa shape index (κ2) is 10.9. The van der Waals surface area contributed by atoms with Crippen LogP contribution in [0.15, 0.2) is 66.9 Å². The molecule has 3 aromatic rings. The lowest BCUT2D eigenvalue weighted by Crippen LogP contribution is -2.37. The van der Waals surface area contributed by atoms with Crippen molar-refractivity contribution in [3.05, 3.63) is 78.0 Å². The van der Waals surface area contributed by atoms with Crippen LogP contribution in [-0.4, -0.2) is 60.0 Å². The van der Waals surface area contributed by atoms with Gasteiger partial charge in [-0.15, -0.1) is 0 Å². The van der Waals surface area contributed by atoms with E-state index < -0.39 is 0 Å². The Labute approximate surface area is 183 Å². The largest absolute Gasteiger partial charge is 0.379 e. The number of carbonyl (C=O) groups is 1. The number of hydrogen-bond donors (Lipinski definition) is 1. The fourth-order valence-corrected chi connectivity index (χ4v) is 3.83. The molecule has 0 saturated carbocycles. The van der Waals surface area contributed by atoms with Crippen molar-refractivity contribution in [1.82, 2.24) is 20.0 Å². The molecule has 0 spiro atoms. The monoisotopic (exact) mass is 418 g/mol. The zero-order valence-corrected chi connectivity index (χ0v) is 17.9. The molecular weight excluding hydrogens is 388 g/mol. The van der Waals surface area contributed by atoms with Gasteiger partial charge >= 0.3 is 0 Å². The third-order valence-corrected chi connectivity index (χ3v) is 5.53. The maximum Gasteiger partial charge on any atom is 0.255 e. The molecule has 6 nitrogen and oxygen atoms in total. The number of morpholine rings is 1. The minimum Gasteiger partial charge on any atom is -0.379 e. The molecule has 31 heavy (non-hydrogen) atoms. The molecule has 0 unspecified atom stereocenters. The number of benzene rings is 2. The summed E-state index contributed by atoms with van der Waals surface area (Å²) in [5, 5.41) is 7.83.